The van der Waals surface area contributed by atoms with Gasteiger partial charge in [0.15, 0.2) is 0 Å². The number of benzene rings is 3. The normalized spacial score (nSPS) is 13.2. The lowest BCUT2D eigenvalue weighted by Gasteiger charge is -2.24. The van der Waals surface area contributed by atoms with Crippen molar-refractivity contribution in [2.24, 2.45) is 0 Å². The minimum atomic E-state index is -0.621. The van der Waals surface area contributed by atoms with E-state index < -0.39 is 6.10 Å². The zero-order valence-electron chi connectivity index (χ0n) is 14.8. The molecule has 140 valence electrons. The maximum atomic E-state index is 10.8. The number of anilines is 1. The first-order valence-electron chi connectivity index (χ1n) is 8.64. The summed E-state index contributed by atoms with van der Waals surface area (Å²) in [6, 6.07) is 20.7. The molecule has 0 heterocycles. The van der Waals surface area contributed by atoms with Crippen LogP contribution in [0.15, 0.2) is 66.7 Å². The van der Waals surface area contributed by atoms with Crippen LogP contribution in [-0.2, 0) is 0 Å². The van der Waals surface area contributed by atoms with Gasteiger partial charge >= 0.3 is 0 Å². The van der Waals surface area contributed by atoms with Gasteiger partial charge in [-0.05, 0) is 54.4 Å². The number of aliphatic hydroxyl groups is 1. The first-order chi connectivity index (χ1) is 12.9. The lowest BCUT2D eigenvalue weighted by atomic mass is 9.96. The van der Waals surface area contributed by atoms with Gasteiger partial charge in [-0.15, -0.1) is 0 Å². The van der Waals surface area contributed by atoms with Crippen LogP contribution in [0.3, 0.4) is 0 Å². The molecule has 0 radical (unpaired) electrons. The van der Waals surface area contributed by atoms with Crippen LogP contribution in [0, 0.1) is 6.92 Å². The quantitative estimate of drug-likeness (QED) is 0.441. The number of aliphatic hydroxyl groups excluding tert-OH is 1. The zero-order valence-corrected chi connectivity index (χ0v) is 17.1. The fraction of sp³-hybridized carbons (Fsp3) is 0.182. The van der Waals surface area contributed by atoms with Crippen molar-refractivity contribution in [3.8, 4) is 0 Å². The monoisotopic (exact) mass is 419 g/mol. The Kier molecular flexibility index (Phi) is 6.67. The Labute approximate surface area is 174 Å². The highest BCUT2D eigenvalue weighted by Gasteiger charge is 2.19. The highest BCUT2D eigenvalue weighted by Crippen LogP contribution is 2.33. The van der Waals surface area contributed by atoms with Crippen molar-refractivity contribution in [1.82, 2.24) is 0 Å². The van der Waals surface area contributed by atoms with Crippen molar-refractivity contribution in [2.75, 3.05) is 5.32 Å². The van der Waals surface area contributed by atoms with Crippen LogP contribution in [0.1, 0.15) is 35.3 Å². The van der Waals surface area contributed by atoms with Gasteiger partial charge in [-0.2, -0.15) is 0 Å². The van der Waals surface area contributed by atoms with E-state index in [4.69, 9.17) is 34.8 Å². The molecule has 2 nitrogen and oxygen atoms in total. The van der Waals surface area contributed by atoms with E-state index in [1.165, 1.54) is 0 Å². The number of rotatable bonds is 6. The Morgan fingerprint density at radius 2 is 1.44 bits per heavy atom. The molecular weight excluding hydrogens is 401 g/mol. The van der Waals surface area contributed by atoms with E-state index in [9.17, 15) is 5.11 Å². The van der Waals surface area contributed by atoms with Gasteiger partial charge in [-0.1, -0.05) is 70.7 Å². The van der Waals surface area contributed by atoms with Crippen LogP contribution in [0.4, 0.5) is 5.69 Å². The van der Waals surface area contributed by atoms with Crippen LogP contribution < -0.4 is 5.32 Å². The van der Waals surface area contributed by atoms with Crippen molar-refractivity contribution in [3.05, 3.63) is 98.5 Å². The average Bonchev–Trinajstić information content (AvgIpc) is 2.65. The summed E-state index contributed by atoms with van der Waals surface area (Å²) in [5, 5.41) is 15.9. The van der Waals surface area contributed by atoms with E-state index in [0.717, 1.165) is 22.4 Å². The molecule has 2 atom stereocenters. The third kappa shape index (κ3) is 5.40. The van der Waals surface area contributed by atoms with E-state index >= 15 is 0 Å². The van der Waals surface area contributed by atoms with Crippen molar-refractivity contribution in [2.45, 2.75) is 25.5 Å². The van der Waals surface area contributed by atoms with E-state index in [-0.39, 0.29) is 6.04 Å². The van der Waals surface area contributed by atoms with Gasteiger partial charge in [-0.3, -0.25) is 0 Å². The average molecular weight is 421 g/mol. The van der Waals surface area contributed by atoms with Crippen molar-refractivity contribution < 1.29 is 5.11 Å². The largest absolute Gasteiger partial charge is 0.388 e. The summed E-state index contributed by atoms with van der Waals surface area (Å²) in [4.78, 5) is 0. The molecule has 0 saturated carbocycles. The number of hydrogen-bond donors (Lipinski definition) is 2. The van der Waals surface area contributed by atoms with Crippen LogP contribution >= 0.6 is 34.8 Å². The van der Waals surface area contributed by atoms with Crippen LogP contribution in [0.25, 0.3) is 0 Å². The van der Waals surface area contributed by atoms with E-state index in [1.54, 1.807) is 6.07 Å². The first kappa shape index (κ1) is 20.0. The Morgan fingerprint density at radius 3 is 2.07 bits per heavy atom. The van der Waals surface area contributed by atoms with Crippen molar-refractivity contribution in [3.63, 3.8) is 0 Å². The van der Waals surface area contributed by atoms with Crippen molar-refractivity contribution >= 4 is 40.5 Å². The van der Waals surface area contributed by atoms with Gasteiger partial charge in [0, 0.05) is 17.1 Å². The Hall–Kier alpha value is -1.71. The van der Waals surface area contributed by atoms with Crippen LogP contribution in [0.2, 0.25) is 15.1 Å². The predicted molar refractivity (Wildman–Crippen MR) is 115 cm³/mol. The maximum absolute atomic E-state index is 10.8. The van der Waals surface area contributed by atoms with Crippen molar-refractivity contribution in [1.29, 1.82) is 0 Å². The molecule has 27 heavy (non-hydrogen) atoms. The molecule has 0 spiro atoms. The van der Waals surface area contributed by atoms with Crippen LogP contribution in [-0.4, -0.2) is 5.11 Å². The molecule has 0 aliphatic carbocycles. The fourth-order valence-corrected chi connectivity index (χ4v) is 3.34. The molecule has 0 saturated heterocycles. The molecule has 0 aliphatic heterocycles. The smallest absolute Gasteiger partial charge is 0.0812 e. The summed E-state index contributed by atoms with van der Waals surface area (Å²) in [7, 11) is 0. The Balaban J connectivity index is 1.87. The molecule has 5 heteroatoms. The van der Waals surface area contributed by atoms with Gasteiger partial charge in [0.05, 0.1) is 22.2 Å². The third-order valence-electron chi connectivity index (χ3n) is 4.45. The number of nitrogens with one attached hydrogen (secondary N) is 1. The highest BCUT2D eigenvalue weighted by atomic mass is 35.5. The third-order valence-corrected chi connectivity index (χ3v) is 5.44. The Morgan fingerprint density at radius 1 is 0.815 bits per heavy atom. The summed E-state index contributed by atoms with van der Waals surface area (Å²) in [5.41, 5.74) is 3.90. The maximum Gasteiger partial charge on any atom is 0.0812 e. The van der Waals surface area contributed by atoms with Gasteiger partial charge < -0.3 is 10.4 Å². The number of halogens is 3. The molecule has 2 unspecified atom stereocenters. The fourth-order valence-electron chi connectivity index (χ4n) is 2.90. The minimum absolute atomic E-state index is 0.155. The summed E-state index contributed by atoms with van der Waals surface area (Å²) in [6.07, 6.45) is -0.145. The first-order valence-corrected chi connectivity index (χ1v) is 9.77. The number of aryl methyl sites for hydroxylation is 1. The second-order valence-electron chi connectivity index (χ2n) is 6.54. The van der Waals surface area contributed by atoms with E-state index in [0.29, 0.717) is 21.5 Å². The summed E-state index contributed by atoms with van der Waals surface area (Å²) < 4.78 is 0. The predicted octanol–water partition coefficient (Wildman–Crippen LogP) is 7.23. The molecule has 2 N–H and O–H groups in total. The molecule has 3 aromatic carbocycles. The van der Waals surface area contributed by atoms with E-state index in [2.05, 4.69) is 5.32 Å². The minimum Gasteiger partial charge on any atom is -0.388 e. The standard InChI is InChI=1S/C22H20Cl3NO/c1-14-2-4-15(5-3-14)22(27)13-21(16-6-11-19(24)20(25)12-16)26-18-9-7-17(23)8-10-18/h2-12,21-22,26-27H,13H2,1H3. The van der Waals surface area contributed by atoms with Gasteiger partial charge in [0.1, 0.15) is 0 Å². The SMILES string of the molecule is Cc1ccc(C(O)CC(Nc2ccc(Cl)cc2)c2ccc(Cl)c(Cl)c2)cc1. The second kappa shape index (κ2) is 8.99. The molecule has 0 aliphatic rings. The zero-order chi connectivity index (χ0) is 19.4. The van der Waals surface area contributed by atoms with Gasteiger partial charge in [0.25, 0.3) is 0 Å². The highest BCUT2D eigenvalue weighted by molar-refractivity contribution is 6.42. The van der Waals surface area contributed by atoms with Crippen LogP contribution in [0.5, 0.6) is 0 Å². The van der Waals surface area contributed by atoms with Gasteiger partial charge in [0.2, 0.25) is 0 Å². The summed E-state index contributed by atoms with van der Waals surface area (Å²) in [6.45, 7) is 2.02. The molecule has 3 aromatic rings. The van der Waals surface area contributed by atoms with Gasteiger partial charge in [-0.25, -0.2) is 0 Å². The summed E-state index contributed by atoms with van der Waals surface area (Å²) >= 11 is 18.3. The molecule has 0 bridgehead atoms. The molecule has 0 amide bonds. The lowest BCUT2D eigenvalue weighted by molar-refractivity contribution is 0.160. The molecule has 0 fully saturated rings. The topological polar surface area (TPSA) is 32.3 Å². The summed E-state index contributed by atoms with van der Waals surface area (Å²) in [5.74, 6) is 0. The lowest BCUT2D eigenvalue weighted by Crippen LogP contribution is -2.15. The molecule has 3 rings (SSSR count). The molecular formula is C22H20Cl3NO. The number of hydrogen-bond acceptors (Lipinski definition) is 2. The second-order valence-corrected chi connectivity index (χ2v) is 7.79. The molecule has 0 aromatic heterocycles. The Bertz CT molecular complexity index is 894. The van der Waals surface area contributed by atoms with E-state index in [1.807, 2.05) is 67.6 Å².